The zero-order valence-corrected chi connectivity index (χ0v) is 17.4. The highest BCUT2D eigenvalue weighted by molar-refractivity contribution is 5.37. The van der Waals surface area contributed by atoms with Gasteiger partial charge in [-0.05, 0) is 53.2 Å². The first kappa shape index (κ1) is 22.0. The maximum absolute atomic E-state index is 4.01. The molecule has 1 aromatic carbocycles. The molecule has 0 heteroatoms. The summed E-state index contributed by atoms with van der Waals surface area (Å²) in [6.45, 7) is 26.4. The van der Waals surface area contributed by atoms with Gasteiger partial charge in [0.2, 0.25) is 0 Å². The molecule has 0 bridgehead atoms. The SMILES string of the molecule is C=C(C)CCc1cc(C(C)(C)C)cc(C(C)(C)C)c1.CC(C)C. The van der Waals surface area contributed by atoms with Crippen molar-refractivity contribution in [3.8, 4) is 0 Å². The van der Waals surface area contributed by atoms with E-state index in [0.717, 1.165) is 18.8 Å². The largest absolute Gasteiger partial charge is 0.100 e. The first-order valence-corrected chi connectivity index (χ1v) is 9.02. The van der Waals surface area contributed by atoms with E-state index in [9.17, 15) is 0 Å². The molecule has 0 aromatic heterocycles. The van der Waals surface area contributed by atoms with Crippen LogP contribution in [0.1, 0.15) is 92.3 Å². The molecule has 1 aromatic rings. The third-order valence-corrected chi connectivity index (χ3v) is 3.57. The van der Waals surface area contributed by atoms with Crippen molar-refractivity contribution >= 4 is 0 Å². The van der Waals surface area contributed by atoms with Crippen LogP contribution >= 0.6 is 0 Å². The zero-order valence-electron chi connectivity index (χ0n) is 17.4. The average molecular weight is 317 g/mol. The molecule has 0 aliphatic carbocycles. The summed E-state index contributed by atoms with van der Waals surface area (Å²) in [6, 6.07) is 7.13. The van der Waals surface area contributed by atoms with E-state index in [0.29, 0.717) is 0 Å². The maximum atomic E-state index is 4.01. The Balaban J connectivity index is 0.00000108. The lowest BCUT2D eigenvalue weighted by atomic mass is 9.79. The second-order valence-electron chi connectivity index (χ2n) is 9.61. The Morgan fingerprint density at radius 3 is 1.48 bits per heavy atom. The van der Waals surface area contributed by atoms with E-state index in [1.165, 1.54) is 22.3 Å². The van der Waals surface area contributed by atoms with Gasteiger partial charge in [0.05, 0.1) is 0 Å². The summed E-state index contributed by atoms with van der Waals surface area (Å²) in [6.07, 6.45) is 2.18. The minimum atomic E-state index is 0.208. The molecule has 23 heavy (non-hydrogen) atoms. The molecule has 0 unspecified atom stereocenters. The molecule has 0 heterocycles. The highest BCUT2D eigenvalue weighted by atomic mass is 14.2. The van der Waals surface area contributed by atoms with Crippen LogP contribution in [0.4, 0.5) is 0 Å². The standard InChI is InChI=1S/C19H30.C4H10/c1-14(2)9-10-15-11-16(18(3,4)5)13-17(12-15)19(6,7)8;1-4(2)3/h11-13H,1,9-10H2,2-8H3;4H,1-3H3. The van der Waals surface area contributed by atoms with Gasteiger partial charge in [-0.1, -0.05) is 86.1 Å². The van der Waals surface area contributed by atoms with E-state index < -0.39 is 0 Å². The first-order valence-electron chi connectivity index (χ1n) is 9.02. The number of aryl methyl sites for hydroxylation is 1. The van der Waals surface area contributed by atoms with Crippen LogP contribution in [0.3, 0.4) is 0 Å². The van der Waals surface area contributed by atoms with E-state index in [1.807, 2.05) is 0 Å². The molecule has 0 radical (unpaired) electrons. The molecule has 1 rings (SSSR count). The van der Waals surface area contributed by atoms with Gasteiger partial charge in [0.25, 0.3) is 0 Å². The number of hydrogen-bond donors (Lipinski definition) is 0. The normalized spacial score (nSPS) is 12.0. The van der Waals surface area contributed by atoms with Crippen LogP contribution in [0.5, 0.6) is 0 Å². The third-order valence-electron chi connectivity index (χ3n) is 3.57. The van der Waals surface area contributed by atoms with Crippen molar-refractivity contribution in [2.24, 2.45) is 5.92 Å². The van der Waals surface area contributed by atoms with Gasteiger partial charge in [0, 0.05) is 0 Å². The first-order chi connectivity index (χ1) is 10.2. The van der Waals surface area contributed by atoms with Crippen LogP contribution < -0.4 is 0 Å². The van der Waals surface area contributed by atoms with Crippen molar-refractivity contribution in [2.75, 3.05) is 0 Å². The molecule has 0 saturated heterocycles. The third kappa shape index (κ3) is 9.64. The predicted molar refractivity (Wildman–Crippen MR) is 107 cm³/mol. The van der Waals surface area contributed by atoms with Gasteiger partial charge in [0.15, 0.2) is 0 Å². The van der Waals surface area contributed by atoms with Crippen LogP contribution in [0.2, 0.25) is 0 Å². The number of allylic oxidation sites excluding steroid dienone is 1. The quantitative estimate of drug-likeness (QED) is 0.508. The fraction of sp³-hybridized carbons (Fsp3) is 0.652. The zero-order chi connectivity index (χ0) is 18.4. The lowest BCUT2D eigenvalue weighted by Gasteiger charge is -2.26. The predicted octanol–water partition coefficient (Wildman–Crippen LogP) is 7.45. The number of benzene rings is 1. The van der Waals surface area contributed by atoms with Crippen molar-refractivity contribution in [3.05, 3.63) is 47.0 Å². The van der Waals surface area contributed by atoms with Gasteiger partial charge < -0.3 is 0 Å². The summed E-state index contributed by atoms with van der Waals surface area (Å²) in [5.74, 6) is 0.833. The summed E-state index contributed by atoms with van der Waals surface area (Å²) in [7, 11) is 0. The second kappa shape index (κ2) is 8.71. The summed E-state index contributed by atoms with van der Waals surface area (Å²) >= 11 is 0. The minimum Gasteiger partial charge on any atom is -0.100 e. The molecule has 0 fully saturated rings. The highest BCUT2D eigenvalue weighted by Gasteiger charge is 2.20. The van der Waals surface area contributed by atoms with E-state index in [4.69, 9.17) is 0 Å². The molecule has 0 N–H and O–H groups in total. The molecular weight excluding hydrogens is 276 g/mol. The van der Waals surface area contributed by atoms with Crippen molar-refractivity contribution in [1.82, 2.24) is 0 Å². The topological polar surface area (TPSA) is 0 Å². The van der Waals surface area contributed by atoms with Crippen molar-refractivity contribution < 1.29 is 0 Å². The van der Waals surface area contributed by atoms with E-state index >= 15 is 0 Å². The molecule has 0 aliphatic heterocycles. The van der Waals surface area contributed by atoms with Crippen LogP contribution in [-0.2, 0) is 17.3 Å². The van der Waals surface area contributed by atoms with E-state index in [-0.39, 0.29) is 10.8 Å². The minimum absolute atomic E-state index is 0.208. The van der Waals surface area contributed by atoms with Crippen molar-refractivity contribution in [1.29, 1.82) is 0 Å². The van der Waals surface area contributed by atoms with Gasteiger partial charge in [-0.2, -0.15) is 0 Å². The van der Waals surface area contributed by atoms with Crippen molar-refractivity contribution in [3.63, 3.8) is 0 Å². The Labute approximate surface area is 146 Å². The van der Waals surface area contributed by atoms with Crippen molar-refractivity contribution in [2.45, 2.75) is 92.9 Å². The Kier molecular flexibility index (Phi) is 8.32. The second-order valence-corrected chi connectivity index (χ2v) is 9.61. The maximum Gasteiger partial charge on any atom is -0.0132 e. The van der Waals surface area contributed by atoms with Gasteiger partial charge in [0.1, 0.15) is 0 Å². The summed E-state index contributed by atoms with van der Waals surface area (Å²) in [5, 5.41) is 0. The lowest BCUT2D eigenvalue weighted by molar-refractivity contribution is 0.566. The van der Waals surface area contributed by atoms with Crippen LogP contribution in [0.25, 0.3) is 0 Å². The van der Waals surface area contributed by atoms with Gasteiger partial charge in [-0.3, -0.25) is 0 Å². The monoisotopic (exact) mass is 316 g/mol. The molecule has 0 saturated carbocycles. The molecule has 0 nitrogen and oxygen atoms in total. The molecule has 0 spiro atoms. The Hall–Kier alpha value is -1.04. The van der Waals surface area contributed by atoms with Crippen LogP contribution in [-0.4, -0.2) is 0 Å². The fourth-order valence-corrected chi connectivity index (χ4v) is 2.06. The Morgan fingerprint density at radius 2 is 1.22 bits per heavy atom. The van der Waals surface area contributed by atoms with Gasteiger partial charge >= 0.3 is 0 Å². The van der Waals surface area contributed by atoms with E-state index in [1.54, 1.807) is 0 Å². The number of rotatable bonds is 3. The summed E-state index contributed by atoms with van der Waals surface area (Å²) in [4.78, 5) is 0. The van der Waals surface area contributed by atoms with E-state index in [2.05, 4.69) is 94.0 Å². The molecule has 0 aliphatic rings. The smallest absolute Gasteiger partial charge is 0.0132 e. The Morgan fingerprint density at radius 1 is 0.870 bits per heavy atom. The molecule has 0 atom stereocenters. The summed E-state index contributed by atoms with van der Waals surface area (Å²) in [5.41, 5.74) is 6.01. The Bertz CT molecular complexity index is 455. The molecule has 0 amide bonds. The lowest BCUT2D eigenvalue weighted by Crippen LogP contribution is -2.17. The fourth-order valence-electron chi connectivity index (χ4n) is 2.06. The van der Waals surface area contributed by atoms with Crippen LogP contribution in [0, 0.1) is 5.92 Å². The van der Waals surface area contributed by atoms with Gasteiger partial charge in [-0.25, -0.2) is 0 Å². The highest BCUT2D eigenvalue weighted by Crippen LogP contribution is 2.30. The summed E-state index contributed by atoms with van der Waals surface area (Å²) < 4.78 is 0. The average Bonchev–Trinajstić information content (AvgIpc) is 2.33. The van der Waals surface area contributed by atoms with Gasteiger partial charge in [-0.15, -0.1) is 6.58 Å². The van der Waals surface area contributed by atoms with Crippen LogP contribution in [0.15, 0.2) is 30.4 Å². The number of hydrogen-bond acceptors (Lipinski definition) is 0. The molecular formula is C23H40. The molecule has 132 valence electrons.